The van der Waals surface area contributed by atoms with Gasteiger partial charge in [-0.1, -0.05) is 31.2 Å². The lowest BCUT2D eigenvalue weighted by atomic mass is 10.1. The molecule has 1 atom stereocenters. The lowest BCUT2D eigenvalue weighted by Crippen LogP contribution is -2.20. The predicted molar refractivity (Wildman–Crippen MR) is 92.5 cm³/mol. The number of aromatic nitrogens is 2. The number of imidazole rings is 1. The standard InChI is InChI=1S/C19H20N2O3/c1-3-16(19(22)23)21-17-7-5-4-6-15(17)20-18(21)12-13-8-10-14(24-2)11-9-13/h4-11,16H,3,12H2,1-2H3,(H,22,23). The lowest BCUT2D eigenvalue weighted by molar-refractivity contribution is -0.140. The van der Waals surface area contributed by atoms with Gasteiger partial charge in [-0.05, 0) is 36.2 Å². The summed E-state index contributed by atoms with van der Waals surface area (Å²) in [6.07, 6.45) is 1.08. The Kier molecular flexibility index (Phi) is 4.51. The zero-order chi connectivity index (χ0) is 17.1. The van der Waals surface area contributed by atoms with Crippen LogP contribution in [-0.2, 0) is 11.2 Å². The average Bonchev–Trinajstić information content (AvgIpc) is 2.94. The quantitative estimate of drug-likeness (QED) is 0.751. The third kappa shape index (κ3) is 2.97. The monoisotopic (exact) mass is 324 g/mol. The van der Waals surface area contributed by atoms with Crippen molar-refractivity contribution in [3.8, 4) is 5.75 Å². The van der Waals surface area contributed by atoms with Gasteiger partial charge in [-0.3, -0.25) is 0 Å². The summed E-state index contributed by atoms with van der Waals surface area (Å²) in [5, 5.41) is 9.60. The first-order valence-corrected chi connectivity index (χ1v) is 7.95. The fourth-order valence-corrected chi connectivity index (χ4v) is 2.96. The van der Waals surface area contributed by atoms with E-state index in [1.165, 1.54) is 0 Å². The third-order valence-corrected chi connectivity index (χ3v) is 4.17. The fourth-order valence-electron chi connectivity index (χ4n) is 2.96. The summed E-state index contributed by atoms with van der Waals surface area (Å²) in [5.41, 5.74) is 2.74. The second kappa shape index (κ2) is 6.74. The van der Waals surface area contributed by atoms with E-state index >= 15 is 0 Å². The van der Waals surface area contributed by atoms with Crippen molar-refractivity contribution in [2.45, 2.75) is 25.8 Å². The molecule has 5 nitrogen and oxygen atoms in total. The van der Waals surface area contributed by atoms with E-state index < -0.39 is 12.0 Å². The van der Waals surface area contributed by atoms with Crippen molar-refractivity contribution < 1.29 is 14.6 Å². The molecule has 24 heavy (non-hydrogen) atoms. The number of hydrogen-bond donors (Lipinski definition) is 1. The minimum absolute atomic E-state index is 0.505. The highest BCUT2D eigenvalue weighted by atomic mass is 16.5. The van der Waals surface area contributed by atoms with Gasteiger partial charge in [0, 0.05) is 6.42 Å². The molecule has 1 N–H and O–H groups in total. The van der Waals surface area contributed by atoms with Gasteiger partial charge in [0.15, 0.2) is 0 Å². The second-order valence-electron chi connectivity index (χ2n) is 5.67. The summed E-state index contributed by atoms with van der Waals surface area (Å²) in [6, 6.07) is 14.8. The number of carbonyl (C=O) groups is 1. The number of benzene rings is 2. The molecule has 0 aliphatic rings. The summed E-state index contributed by atoms with van der Waals surface area (Å²) in [7, 11) is 1.63. The van der Waals surface area contributed by atoms with Gasteiger partial charge in [-0.15, -0.1) is 0 Å². The molecule has 0 saturated heterocycles. The lowest BCUT2D eigenvalue weighted by Gasteiger charge is -2.16. The molecule has 2 aromatic carbocycles. The Hall–Kier alpha value is -2.82. The molecule has 0 fully saturated rings. The number of fused-ring (bicyclic) bond motifs is 1. The van der Waals surface area contributed by atoms with Gasteiger partial charge in [-0.2, -0.15) is 0 Å². The van der Waals surface area contributed by atoms with Gasteiger partial charge < -0.3 is 14.4 Å². The maximum atomic E-state index is 11.7. The van der Waals surface area contributed by atoms with E-state index in [9.17, 15) is 9.90 Å². The average molecular weight is 324 g/mol. The maximum Gasteiger partial charge on any atom is 0.326 e. The van der Waals surface area contributed by atoms with Gasteiger partial charge in [-0.25, -0.2) is 9.78 Å². The van der Waals surface area contributed by atoms with Crippen LogP contribution < -0.4 is 4.74 Å². The number of ether oxygens (including phenoxy) is 1. The number of hydrogen-bond acceptors (Lipinski definition) is 3. The van der Waals surface area contributed by atoms with Crippen LogP contribution in [0.5, 0.6) is 5.75 Å². The third-order valence-electron chi connectivity index (χ3n) is 4.17. The fraction of sp³-hybridized carbons (Fsp3) is 0.263. The number of methoxy groups -OCH3 is 1. The Bertz CT molecular complexity index is 853. The van der Waals surface area contributed by atoms with Crippen molar-refractivity contribution in [1.82, 2.24) is 9.55 Å². The number of para-hydroxylation sites is 2. The Morgan fingerprint density at radius 3 is 2.54 bits per heavy atom. The number of rotatable bonds is 6. The van der Waals surface area contributed by atoms with Gasteiger partial charge in [0.1, 0.15) is 17.6 Å². The van der Waals surface area contributed by atoms with Gasteiger partial charge in [0.2, 0.25) is 0 Å². The molecule has 1 unspecified atom stereocenters. The molecule has 3 rings (SSSR count). The van der Waals surface area contributed by atoms with Crippen LogP contribution in [0.1, 0.15) is 30.8 Å². The Morgan fingerprint density at radius 2 is 1.92 bits per heavy atom. The van der Waals surface area contributed by atoms with Gasteiger partial charge in [0.05, 0.1) is 18.1 Å². The summed E-state index contributed by atoms with van der Waals surface area (Å²) < 4.78 is 7.03. The molecule has 0 radical (unpaired) electrons. The van der Waals surface area contributed by atoms with E-state index in [4.69, 9.17) is 4.74 Å². The van der Waals surface area contributed by atoms with Crippen LogP contribution in [0.4, 0.5) is 0 Å². The highest BCUT2D eigenvalue weighted by molar-refractivity contribution is 5.80. The maximum absolute atomic E-state index is 11.7. The van der Waals surface area contributed by atoms with E-state index in [2.05, 4.69) is 4.98 Å². The zero-order valence-corrected chi connectivity index (χ0v) is 13.8. The first-order valence-electron chi connectivity index (χ1n) is 7.95. The Labute approximate surface area is 140 Å². The SMILES string of the molecule is CCC(C(=O)O)n1c(Cc2ccc(OC)cc2)nc2ccccc21. The molecule has 5 heteroatoms. The van der Waals surface area contributed by atoms with Crippen LogP contribution in [0.2, 0.25) is 0 Å². The van der Waals surface area contributed by atoms with Crippen molar-refractivity contribution in [3.05, 3.63) is 59.9 Å². The molecule has 0 spiro atoms. The first-order chi connectivity index (χ1) is 11.6. The van der Waals surface area contributed by atoms with Crippen molar-refractivity contribution >= 4 is 17.0 Å². The normalized spacial score (nSPS) is 12.2. The largest absolute Gasteiger partial charge is 0.497 e. The molecule has 0 amide bonds. The van der Waals surface area contributed by atoms with E-state index in [1.807, 2.05) is 60.0 Å². The molecule has 1 aromatic heterocycles. The number of carboxylic acid groups (broad SMARTS) is 1. The molecule has 0 aliphatic heterocycles. The zero-order valence-electron chi connectivity index (χ0n) is 13.8. The molecule has 0 saturated carbocycles. The molecule has 0 aliphatic carbocycles. The highest BCUT2D eigenvalue weighted by Gasteiger charge is 2.23. The van der Waals surface area contributed by atoms with E-state index in [0.29, 0.717) is 12.8 Å². The molecular formula is C19H20N2O3. The van der Waals surface area contributed by atoms with Crippen molar-refractivity contribution in [2.75, 3.05) is 7.11 Å². The van der Waals surface area contributed by atoms with Gasteiger partial charge in [0.25, 0.3) is 0 Å². The van der Waals surface area contributed by atoms with Crippen LogP contribution in [0.15, 0.2) is 48.5 Å². The molecule has 3 aromatic rings. The van der Waals surface area contributed by atoms with Crippen molar-refractivity contribution in [3.63, 3.8) is 0 Å². The van der Waals surface area contributed by atoms with Crippen LogP contribution in [0.3, 0.4) is 0 Å². The number of aliphatic carboxylic acids is 1. The van der Waals surface area contributed by atoms with Gasteiger partial charge >= 0.3 is 5.97 Å². The molecule has 0 bridgehead atoms. The van der Waals surface area contributed by atoms with Crippen molar-refractivity contribution in [1.29, 1.82) is 0 Å². The predicted octanol–water partition coefficient (Wildman–Crippen LogP) is 3.67. The van der Waals surface area contributed by atoms with E-state index in [0.717, 1.165) is 28.2 Å². The number of carboxylic acids is 1. The Balaban J connectivity index is 2.07. The minimum Gasteiger partial charge on any atom is -0.497 e. The first kappa shape index (κ1) is 16.1. The molecular weight excluding hydrogens is 304 g/mol. The van der Waals surface area contributed by atoms with Crippen LogP contribution in [0.25, 0.3) is 11.0 Å². The van der Waals surface area contributed by atoms with E-state index in [1.54, 1.807) is 7.11 Å². The van der Waals surface area contributed by atoms with Crippen LogP contribution in [0, 0.1) is 0 Å². The van der Waals surface area contributed by atoms with Crippen LogP contribution >= 0.6 is 0 Å². The summed E-state index contributed by atoms with van der Waals surface area (Å²) in [6.45, 7) is 1.88. The molecule has 124 valence electrons. The minimum atomic E-state index is -0.836. The topological polar surface area (TPSA) is 64.3 Å². The summed E-state index contributed by atoms with van der Waals surface area (Å²) in [4.78, 5) is 16.4. The van der Waals surface area contributed by atoms with E-state index in [-0.39, 0.29) is 0 Å². The summed E-state index contributed by atoms with van der Waals surface area (Å²) in [5.74, 6) is 0.719. The number of nitrogens with zero attached hydrogens (tertiary/aromatic N) is 2. The summed E-state index contributed by atoms with van der Waals surface area (Å²) >= 11 is 0. The molecule has 1 heterocycles. The van der Waals surface area contributed by atoms with Crippen LogP contribution in [-0.4, -0.2) is 27.7 Å². The Morgan fingerprint density at radius 1 is 1.21 bits per heavy atom. The smallest absolute Gasteiger partial charge is 0.326 e. The second-order valence-corrected chi connectivity index (χ2v) is 5.67. The highest BCUT2D eigenvalue weighted by Crippen LogP contribution is 2.25. The van der Waals surface area contributed by atoms with Crippen molar-refractivity contribution in [2.24, 2.45) is 0 Å².